The molecule has 1 fully saturated rings. The second-order valence-electron chi connectivity index (χ2n) is 9.50. The number of piperidine rings is 1. The van der Waals surface area contributed by atoms with Gasteiger partial charge in [-0.1, -0.05) is 12.1 Å². The van der Waals surface area contributed by atoms with E-state index in [1.807, 2.05) is 15.9 Å². The Morgan fingerprint density at radius 1 is 1.05 bits per heavy atom. The van der Waals surface area contributed by atoms with Gasteiger partial charge in [0.15, 0.2) is 9.84 Å². The number of ether oxygens (including phenoxy) is 1. The van der Waals surface area contributed by atoms with E-state index in [9.17, 15) is 17.6 Å². The first-order valence-corrected chi connectivity index (χ1v) is 14.3. The lowest BCUT2D eigenvalue weighted by atomic mass is 10.1. The third-order valence-electron chi connectivity index (χ3n) is 6.90. The first kappa shape index (κ1) is 25.1. The molecule has 0 spiro atoms. The number of hydrogen-bond donors (Lipinski definition) is 0. The van der Waals surface area contributed by atoms with E-state index in [1.54, 1.807) is 30.3 Å². The van der Waals surface area contributed by atoms with Crippen molar-refractivity contribution in [3.8, 4) is 5.88 Å². The molecule has 2 aromatic carbocycles. The zero-order valence-electron chi connectivity index (χ0n) is 20.6. The monoisotopic (exact) mass is 524 g/mol. The van der Waals surface area contributed by atoms with E-state index >= 15 is 0 Å². The third kappa shape index (κ3) is 5.90. The number of nitrogens with zero attached hydrogens (tertiary/aromatic N) is 4. The van der Waals surface area contributed by atoms with Crippen LogP contribution in [0, 0.1) is 5.82 Å². The Hall–Kier alpha value is -3.53. The van der Waals surface area contributed by atoms with E-state index in [1.165, 1.54) is 24.7 Å². The van der Waals surface area contributed by atoms with E-state index in [4.69, 9.17) is 4.74 Å². The number of rotatable bonds is 7. The Morgan fingerprint density at radius 3 is 2.54 bits per heavy atom. The minimum atomic E-state index is -3.26. The molecule has 194 valence electrons. The summed E-state index contributed by atoms with van der Waals surface area (Å²) in [6.45, 7) is 1.93. The molecule has 0 saturated carbocycles. The summed E-state index contributed by atoms with van der Waals surface area (Å²) in [6.07, 6.45) is 5.78. The number of carbonyl (C=O) groups excluding carboxylic acids is 1. The van der Waals surface area contributed by atoms with E-state index in [0.717, 1.165) is 23.2 Å². The predicted octanol–water partition coefficient (Wildman–Crippen LogP) is 3.72. The number of aryl methyl sites for hydroxylation is 1. The fraction of sp³-hybridized carbons (Fsp3) is 0.370. The number of fused-ring (bicyclic) bond motifs is 1. The zero-order chi connectivity index (χ0) is 26.0. The van der Waals surface area contributed by atoms with E-state index in [0.29, 0.717) is 61.9 Å². The normalized spacial score (nSPS) is 16.1. The summed E-state index contributed by atoms with van der Waals surface area (Å²) in [5.41, 5.74) is 2.86. The fourth-order valence-electron chi connectivity index (χ4n) is 4.84. The molecule has 2 aliphatic rings. The molecule has 0 atom stereocenters. The van der Waals surface area contributed by atoms with Crippen molar-refractivity contribution in [1.82, 2.24) is 14.9 Å². The molecule has 0 radical (unpaired) electrons. The number of aromatic nitrogens is 2. The molecular weight excluding hydrogens is 495 g/mol. The largest absolute Gasteiger partial charge is 0.474 e. The van der Waals surface area contributed by atoms with Crippen molar-refractivity contribution in [3.63, 3.8) is 0 Å². The molecular formula is C27H29FN4O4S. The molecule has 1 aromatic heterocycles. The highest BCUT2D eigenvalue weighted by Crippen LogP contribution is 2.35. The summed E-state index contributed by atoms with van der Waals surface area (Å²) in [5.74, 6) is 0.997. The molecule has 5 rings (SSSR count). The lowest BCUT2D eigenvalue weighted by molar-refractivity contribution is -0.132. The van der Waals surface area contributed by atoms with Gasteiger partial charge in [-0.05, 0) is 54.3 Å². The molecule has 3 heterocycles. The fourth-order valence-corrected chi connectivity index (χ4v) is 5.51. The number of sulfone groups is 1. The summed E-state index contributed by atoms with van der Waals surface area (Å²) < 4.78 is 43.0. The second-order valence-corrected chi connectivity index (χ2v) is 11.5. The van der Waals surface area contributed by atoms with Crippen molar-refractivity contribution in [2.45, 2.75) is 43.1 Å². The van der Waals surface area contributed by atoms with E-state index in [2.05, 4.69) is 9.97 Å². The van der Waals surface area contributed by atoms with Crippen LogP contribution in [0.15, 0.2) is 59.8 Å². The van der Waals surface area contributed by atoms with Gasteiger partial charge >= 0.3 is 0 Å². The van der Waals surface area contributed by atoms with Crippen LogP contribution in [-0.4, -0.2) is 61.2 Å². The maximum atomic E-state index is 13.1. The lowest BCUT2D eigenvalue weighted by Crippen LogP contribution is -2.42. The first-order chi connectivity index (χ1) is 17.8. The van der Waals surface area contributed by atoms with Crippen LogP contribution in [0.1, 0.15) is 30.4 Å². The number of benzene rings is 2. The van der Waals surface area contributed by atoms with Gasteiger partial charge in [-0.15, -0.1) is 0 Å². The van der Waals surface area contributed by atoms with Crippen LogP contribution in [0.5, 0.6) is 5.88 Å². The van der Waals surface area contributed by atoms with Gasteiger partial charge in [0.25, 0.3) is 0 Å². The topological polar surface area (TPSA) is 92.7 Å². The van der Waals surface area contributed by atoms with Gasteiger partial charge in [0, 0.05) is 56.9 Å². The molecule has 3 aromatic rings. The SMILES string of the molecule is CS(=O)(=O)c1ccc2c(c1)CCN2c1cc(OC2CCN(C(=O)CCc3ccc(F)cc3)CC2)ncn1. The van der Waals surface area contributed by atoms with Crippen LogP contribution in [-0.2, 0) is 27.5 Å². The molecule has 0 N–H and O–H groups in total. The highest BCUT2D eigenvalue weighted by atomic mass is 32.2. The second kappa shape index (κ2) is 10.5. The maximum Gasteiger partial charge on any atom is 0.222 e. The molecule has 0 bridgehead atoms. The average molecular weight is 525 g/mol. The number of hydrogen-bond acceptors (Lipinski definition) is 7. The summed E-state index contributed by atoms with van der Waals surface area (Å²) in [7, 11) is -3.26. The van der Waals surface area contributed by atoms with Crippen LogP contribution < -0.4 is 9.64 Å². The highest BCUT2D eigenvalue weighted by Gasteiger charge is 2.26. The van der Waals surface area contributed by atoms with Crippen LogP contribution in [0.4, 0.5) is 15.9 Å². The van der Waals surface area contributed by atoms with Gasteiger partial charge in [0.05, 0.1) is 4.90 Å². The quantitative estimate of drug-likeness (QED) is 0.465. The first-order valence-electron chi connectivity index (χ1n) is 12.4. The third-order valence-corrected chi connectivity index (χ3v) is 8.01. The van der Waals surface area contributed by atoms with Crippen molar-refractivity contribution in [2.24, 2.45) is 0 Å². The Kier molecular flexibility index (Phi) is 7.10. The van der Waals surface area contributed by atoms with Crippen molar-refractivity contribution >= 4 is 27.2 Å². The lowest BCUT2D eigenvalue weighted by Gasteiger charge is -2.32. The summed E-state index contributed by atoms with van der Waals surface area (Å²) in [4.78, 5) is 25.5. The molecule has 37 heavy (non-hydrogen) atoms. The van der Waals surface area contributed by atoms with E-state index in [-0.39, 0.29) is 17.8 Å². The summed E-state index contributed by atoms with van der Waals surface area (Å²) in [6, 6.07) is 13.2. The summed E-state index contributed by atoms with van der Waals surface area (Å²) in [5, 5.41) is 0. The van der Waals surface area contributed by atoms with Crippen molar-refractivity contribution in [2.75, 3.05) is 30.8 Å². The van der Waals surface area contributed by atoms with Crippen LogP contribution in [0.25, 0.3) is 0 Å². The molecule has 0 aliphatic carbocycles. The van der Waals surface area contributed by atoms with Crippen LogP contribution >= 0.6 is 0 Å². The maximum absolute atomic E-state index is 13.1. The number of carbonyl (C=O) groups is 1. The van der Waals surface area contributed by atoms with Gasteiger partial charge < -0.3 is 14.5 Å². The average Bonchev–Trinajstić information content (AvgIpc) is 3.32. The van der Waals surface area contributed by atoms with Crippen LogP contribution in [0.2, 0.25) is 0 Å². The van der Waals surface area contributed by atoms with Gasteiger partial charge in [0.2, 0.25) is 11.8 Å². The minimum absolute atomic E-state index is 0.0490. The minimum Gasteiger partial charge on any atom is -0.474 e. The van der Waals surface area contributed by atoms with Crippen molar-refractivity contribution < 1.29 is 22.3 Å². The number of likely N-dealkylation sites (tertiary alicyclic amines) is 1. The number of halogens is 1. The van der Waals surface area contributed by atoms with Gasteiger partial charge in [-0.25, -0.2) is 22.8 Å². The molecule has 1 saturated heterocycles. The summed E-state index contributed by atoms with van der Waals surface area (Å²) >= 11 is 0. The molecule has 10 heteroatoms. The van der Waals surface area contributed by atoms with Crippen molar-refractivity contribution in [1.29, 1.82) is 0 Å². The Bertz CT molecular complexity index is 1390. The molecule has 8 nitrogen and oxygen atoms in total. The molecule has 0 unspecified atom stereocenters. The zero-order valence-corrected chi connectivity index (χ0v) is 21.5. The molecule has 2 aliphatic heterocycles. The smallest absolute Gasteiger partial charge is 0.222 e. The Labute approximate surface area is 216 Å². The Balaban J connectivity index is 1.16. The number of amides is 1. The number of anilines is 2. The van der Waals surface area contributed by atoms with Gasteiger partial charge in [-0.3, -0.25) is 4.79 Å². The predicted molar refractivity (Wildman–Crippen MR) is 137 cm³/mol. The van der Waals surface area contributed by atoms with Crippen molar-refractivity contribution in [3.05, 3.63) is 71.8 Å². The van der Waals surface area contributed by atoms with E-state index < -0.39 is 9.84 Å². The van der Waals surface area contributed by atoms with Gasteiger partial charge in [0.1, 0.15) is 24.1 Å². The standard InChI is InChI=1S/C27H29FN4O4S/c1-37(34,35)23-7-8-24-20(16-23)10-15-32(24)25-17-26(30-18-29-25)36-22-11-13-31(14-12-22)27(33)9-4-19-2-5-21(28)6-3-19/h2-3,5-8,16-18,22H,4,9-15H2,1H3. The van der Waals surface area contributed by atoms with Crippen LogP contribution in [0.3, 0.4) is 0 Å². The Morgan fingerprint density at radius 2 is 1.81 bits per heavy atom. The van der Waals surface area contributed by atoms with Gasteiger partial charge in [-0.2, -0.15) is 0 Å². The highest BCUT2D eigenvalue weighted by molar-refractivity contribution is 7.90. The molecule has 1 amide bonds.